The minimum Gasteiger partial charge on any atom is -0.484 e. The second-order valence-electron chi connectivity index (χ2n) is 5.25. The highest BCUT2D eigenvalue weighted by Gasteiger charge is 2.04. The minimum atomic E-state index is -0.413. The van der Waals surface area contributed by atoms with Crippen molar-refractivity contribution in [2.45, 2.75) is 13.8 Å². The van der Waals surface area contributed by atoms with E-state index in [2.05, 4.69) is 22.2 Å². The van der Waals surface area contributed by atoms with E-state index in [9.17, 15) is 9.18 Å². The molecule has 0 bridgehead atoms. The molecule has 0 saturated heterocycles. The number of rotatable bonds is 4. The molecular weight excluding hydrogens is 329 g/mol. The predicted octanol–water partition coefficient (Wildman–Crippen LogP) is 2.84. The van der Waals surface area contributed by atoms with Gasteiger partial charge in [-0.2, -0.15) is 0 Å². The first kappa shape index (κ1) is 17.7. The maximum absolute atomic E-state index is 12.8. The number of hydrogen-bond acceptors (Lipinski definition) is 3. The topological polar surface area (TPSA) is 62.4 Å². The maximum atomic E-state index is 12.8. The lowest BCUT2D eigenvalue weighted by molar-refractivity contribution is -0.123. The van der Waals surface area contributed by atoms with Crippen LogP contribution < -0.4 is 20.9 Å². The SMILES string of the molecule is Cc1cc(C)cc(NC(=S)NNC(=O)COc2ccc(F)cc2)c1. The van der Waals surface area contributed by atoms with Gasteiger partial charge in [0.15, 0.2) is 11.7 Å². The zero-order valence-electron chi connectivity index (χ0n) is 13.4. The molecule has 2 rings (SSSR count). The molecule has 1 amide bonds. The molecule has 0 aliphatic rings. The van der Waals surface area contributed by atoms with Crippen LogP contribution in [-0.4, -0.2) is 17.6 Å². The lowest BCUT2D eigenvalue weighted by Crippen LogP contribution is -2.45. The lowest BCUT2D eigenvalue weighted by Gasteiger charge is -2.13. The average Bonchev–Trinajstić information content (AvgIpc) is 2.51. The molecule has 0 radical (unpaired) electrons. The maximum Gasteiger partial charge on any atom is 0.276 e. The molecule has 3 N–H and O–H groups in total. The fourth-order valence-electron chi connectivity index (χ4n) is 2.05. The third kappa shape index (κ3) is 5.85. The first-order valence-corrected chi connectivity index (χ1v) is 7.66. The number of hydrazine groups is 1. The second-order valence-corrected chi connectivity index (χ2v) is 5.65. The molecule has 0 atom stereocenters. The van der Waals surface area contributed by atoms with Crippen molar-refractivity contribution in [2.75, 3.05) is 11.9 Å². The van der Waals surface area contributed by atoms with Crippen LogP contribution in [0, 0.1) is 19.7 Å². The smallest absolute Gasteiger partial charge is 0.276 e. The Morgan fingerprint density at radius 1 is 1.08 bits per heavy atom. The van der Waals surface area contributed by atoms with Crippen LogP contribution in [0.15, 0.2) is 42.5 Å². The summed E-state index contributed by atoms with van der Waals surface area (Å²) in [4.78, 5) is 11.7. The van der Waals surface area contributed by atoms with Gasteiger partial charge in [0.05, 0.1) is 0 Å². The molecule has 0 aliphatic carbocycles. The fraction of sp³-hybridized carbons (Fsp3) is 0.176. The Labute approximate surface area is 145 Å². The van der Waals surface area contributed by atoms with Gasteiger partial charge in [0.25, 0.3) is 5.91 Å². The highest BCUT2D eigenvalue weighted by atomic mass is 32.1. The van der Waals surface area contributed by atoms with Gasteiger partial charge in [0, 0.05) is 5.69 Å². The number of thiocarbonyl (C=S) groups is 1. The third-order valence-corrected chi connectivity index (χ3v) is 3.18. The molecule has 24 heavy (non-hydrogen) atoms. The second kappa shape index (κ2) is 8.26. The van der Waals surface area contributed by atoms with E-state index in [-0.39, 0.29) is 17.5 Å². The highest BCUT2D eigenvalue weighted by molar-refractivity contribution is 7.80. The van der Waals surface area contributed by atoms with Crippen molar-refractivity contribution in [3.8, 4) is 5.75 Å². The normalized spacial score (nSPS) is 9.96. The summed E-state index contributed by atoms with van der Waals surface area (Å²) in [6.07, 6.45) is 0. The highest BCUT2D eigenvalue weighted by Crippen LogP contribution is 2.13. The van der Waals surface area contributed by atoms with Gasteiger partial charge < -0.3 is 10.1 Å². The molecule has 0 fully saturated rings. The van der Waals surface area contributed by atoms with Crippen molar-refractivity contribution in [1.29, 1.82) is 0 Å². The Bertz CT molecular complexity index is 715. The predicted molar refractivity (Wildman–Crippen MR) is 95.3 cm³/mol. The van der Waals surface area contributed by atoms with Gasteiger partial charge >= 0.3 is 0 Å². The molecule has 7 heteroatoms. The quantitative estimate of drug-likeness (QED) is 0.586. The number of aryl methyl sites for hydroxylation is 2. The van der Waals surface area contributed by atoms with Crippen LogP contribution in [0.4, 0.5) is 10.1 Å². The van der Waals surface area contributed by atoms with E-state index in [1.165, 1.54) is 24.3 Å². The Balaban J connectivity index is 1.74. The summed E-state index contributed by atoms with van der Waals surface area (Å²) in [6.45, 7) is 3.76. The zero-order chi connectivity index (χ0) is 17.5. The van der Waals surface area contributed by atoms with Crippen molar-refractivity contribution in [3.63, 3.8) is 0 Å². The first-order valence-electron chi connectivity index (χ1n) is 7.25. The Hall–Kier alpha value is -2.67. The van der Waals surface area contributed by atoms with Crippen LogP contribution >= 0.6 is 12.2 Å². The van der Waals surface area contributed by atoms with Gasteiger partial charge in [-0.15, -0.1) is 0 Å². The van der Waals surface area contributed by atoms with E-state index in [1.807, 2.05) is 26.0 Å². The molecule has 0 spiro atoms. The van der Waals surface area contributed by atoms with Gasteiger partial charge in [-0.05, 0) is 73.6 Å². The number of benzene rings is 2. The molecule has 5 nitrogen and oxygen atoms in total. The summed E-state index contributed by atoms with van der Waals surface area (Å²) < 4.78 is 18.0. The molecule has 0 saturated carbocycles. The summed E-state index contributed by atoms with van der Waals surface area (Å²) >= 11 is 5.11. The average molecular weight is 347 g/mol. The van der Waals surface area contributed by atoms with E-state index in [1.54, 1.807) is 0 Å². The molecule has 2 aromatic rings. The van der Waals surface area contributed by atoms with E-state index < -0.39 is 5.91 Å². The fourth-order valence-corrected chi connectivity index (χ4v) is 2.22. The van der Waals surface area contributed by atoms with Crippen LogP contribution in [0.5, 0.6) is 5.75 Å². The van der Waals surface area contributed by atoms with E-state index in [0.29, 0.717) is 5.75 Å². The first-order chi connectivity index (χ1) is 11.4. The molecule has 0 heterocycles. The standard InChI is InChI=1S/C17H18FN3O2S/c1-11-7-12(2)9-14(8-11)19-17(24)21-20-16(22)10-23-15-5-3-13(18)4-6-15/h3-9H,10H2,1-2H3,(H,20,22)(H2,19,21,24). The summed E-state index contributed by atoms with van der Waals surface area (Å²) in [5, 5.41) is 3.24. The molecule has 0 unspecified atom stereocenters. The summed E-state index contributed by atoms with van der Waals surface area (Å²) in [7, 11) is 0. The summed E-state index contributed by atoms with van der Waals surface area (Å²) in [6, 6.07) is 11.4. The third-order valence-electron chi connectivity index (χ3n) is 2.98. The zero-order valence-corrected chi connectivity index (χ0v) is 14.2. The number of ether oxygens (including phenoxy) is 1. The van der Waals surface area contributed by atoms with Crippen molar-refractivity contribution in [1.82, 2.24) is 10.9 Å². The van der Waals surface area contributed by atoms with Gasteiger partial charge in [0.1, 0.15) is 11.6 Å². The number of nitrogens with one attached hydrogen (secondary N) is 3. The molecule has 126 valence electrons. The number of amides is 1. The van der Waals surface area contributed by atoms with Gasteiger partial charge in [-0.1, -0.05) is 6.07 Å². The Morgan fingerprint density at radius 2 is 1.71 bits per heavy atom. The van der Waals surface area contributed by atoms with E-state index in [0.717, 1.165) is 16.8 Å². The van der Waals surface area contributed by atoms with Crippen molar-refractivity contribution in [3.05, 3.63) is 59.4 Å². The van der Waals surface area contributed by atoms with E-state index in [4.69, 9.17) is 17.0 Å². The minimum absolute atomic E-state index is 0.217. The molecular formula is C17H18FN3O2S. The van der Waals surface area contributed by atoms with Crippen LogP contribution in [0.1, 0.15) is 11.1 Å². The van der Waals surface area contributed by atoms with Gasteiger partial charge in [0.2, 0.25) is 0 Å². The van der Waals surface area contributed by atoms with Crippen molar-refractivity contribution < 1.29 is 13.9 Å². The van der Waals surface area contributed by atoms with Crippen LogP contribution in [0.25, 0.3) is 0 Å². The van der Waals surface area contributed by atoms with Gasteiger partial charge in [-0.3, -0.25) is 15.6 Å². The molecule has 2 aromatic carbocycles. The Kier molecular flexibility index (Phi) is 6.08. The Morgan fingerprint density at radius 3 is 2.33 bits per heavy atom. The molecule has 0 aromatic heterocycles. The largest absolute Gasteiger partial charge is 0.484 e. The van der Waals surface area contributed by atoms with E-state index >= 15 is 0 Å². The number of halogens is 1. The monoisotopic (exact) mass is 347 g/mol. The number of hydrogen-bond donors (Lipinski definition) is 3. The number of carbonyl (C=O) groups is 1. The van der Waals surface area contributed by atoms with Crippen LogP contribution in [0.2, 0.25) is 0 Å². The molecule has 0 aliphatic heterocycles. The summed E-state index contributed by atoms with van der Waals surface area (Å²) in [5.41, 5.74) is 8.07. The van der Waals surface area contributed by atoms with Gasteiger partial charge in [-0.25, -0.2) is 4.39 Å². The van der Waals surface area contributed by atoms with Crippen LogP contribution in [0.3, 0.4) is 0 Å². The van der Waals surface area contributed by atoms with Crippen molar-refractivity contribution >= 4 is 28.9 Å². The number of carbonyl (C=O) groups excluding carboxylic acids is 1. The van der Waals surface area contributed by atoms with Crippen molar-refractivity contribution in [2.24, 2.45) is 0 Å². The number of anilines is 1. The lowest BCUT2D eigenvalue weighted by atomic mass is 10.1. The van der Waals surface area contributed by atoms with Crippen LogP contribution in [-0.2, 0) is 4.79 Å². The summed E-state index contributed by atoms with van der Waals surface area (Å²) in [5.74, 6) is -0.373.